The van der Waals surface area contributed by atoms with Gasteiger partial charge in [-0.25, -0.2) is 4.79 Å². The van der Waals surface area contributed by atoms with Gasteiger partial charge in [-0.3, -0.25) is 4.79 Å². The lowest BCUT2D eigenvalue weighted by molar-refractivity contribution is -0.143. The molecule has 166 valence electrons. The number of hydrogen-bond acceptors (Lipinski definition) is 6. The largest absolute Gasteiger partial charge is 0.490 e. The minimum atomic E-state index is -0.558. The van der Waals surface area contributed by atoms with E-state index in [2.05, 4.69) is 5.32 Å². The first-order valence-electron chi connectivity index (χ1n) is 10.2. The summed E-state index contributed by atoms with van der Waals surface area (Å²) in [4.78, 5) is 24.9. The number of amides is 1. The minimum absolute atomic E-state index is 0.317. The van der Waals surface area contributed by atoms with Gasteiger partial charge in [0.15, 0.2) is 18.1 Å². The maximum atomic E-state index is 11.9. The Kier molecular flexibility index (Phi) is 10.5. The van der Waals surface area contributed by atoms with Crippen molar-refractivity contribution in [3.63, 3.8) is 0 Å². The third kappa shape index (κ3) is 8.76. The van der Waals surface area contributed by atoms with Crippen molar-refractivity contribution in [3.8, 4) is 11.5 Å². The highest BCUT2D eigenvalue weighted by molar-refractivity contribution is 7.98. The SMILES string of the molecule is CCOc1ccc(CCNC(=O)COC(=O)C=Cc2ccc(SC)cc2)cc1OCC. The van der Waals surface area contributed by atoms with E-state index in [0.717, 1.165) is 16.0 Å². The Balaban J connectivity index is 1.73. The quantitative estimate of drug-likeness (QED) is 0.302. The zero-order valence-corrected chi connectivity index (χ0v) is 19.0. The fraction of sp³-hybridized carbons (Fsp3) is 0.333. The van der Waals surface area contributed by atoms with Crippen LogP contribution in [0.25, 0.3) is 6.08 Å². The molecule has 1 amide bonds. The van der Waals surface area contributed by atoms with Gasteiger partial charge < -0.3 is 19.5 Å². The van der Waals surface area contributed by atoms with Gasteiger partial charge in [-0.1, -0.05) is 18.2 Å². The Labute approximate surface area is 188 Å². The molecular weight excluding hydrogens is 414 g/mol. The summed E-state index contributed by atoms with van der Waals surface area (Å²) >= 11 is 1.65. The van der Waals surface area contributed by atoms with Gasteiger partial charge in [0.25, 0.3) is 5.91 Å². The van der Waals surface area contributed by atoms with Crippen molar-refractivity contribution in [1.29, 1.82) is 0 Å². The van der Waals surface area contributed by atoms with E-state index in [1.54, 1.807) is 17.8 Å². The summed E-state index contributed by atoms with van der Waals surface area (Å²) in [6.07, 6.45) is 5.60. The molecule has 6 nitrogen and oxygen atoms in total. The summed E-state index contributed by atoms with van der Waals surface area (Å²) < 4.78 is 16.2. The van der Waals surface area contributed by atoms with E-state index in [4.69, 9.17) is 14.2 Å². The van der Waals surface area contributed by atoms with Gasteiger partial charge in [0.1, 0.15) is 0 Å². The highest BCUT2D eigenvalue weighted by Crippen LogP contribution is 2.28. The Bertz CT molecular complexity index is 880. The van der Waals surface area contributed by atoms with Crippen molar-refractivity contribution in [2.75, 3.05) is 32.6 Å². The summed E-state index contributed by atoms with van der Waals surface area (Å²) in [5, 5.41) is 2.75. The molecule has 0 saturated carbocycles. The molecule has 0 aliphatic rings. The monoisotopic (exact) mass is 443 g/mol. The van der Waals surface area contributed by atoms with Gasteiger partial charge in [0.2, 0.25) is 0 Å². The van der Waals surface area contributed by atoms with Crippen LogP contribution in [0.3, 0.4) is 0 Å². The number of hydrogen-bond donors (Lipinski definition) is 1. The highest BCUT2D eigenvalue weighted by Gasteiger charge is 2.08. The van der Waals surface area contributed by atoms with Crippen molar-refractivity contribution >= 4 is 29.7 Å². The molecule has 0 saturated heterocycles. The van der Waals surface area contributed by atoms with Crippen molar-refractivity contribution in [2.45, 2.75) is 25.2 Å². The van der Waals surface area contributed by atoms with E-state index in [1.807, 2.05) is 62.6 Å². The van der Waals surface area contributed by atoms with Crippen molar-refractivity contribution < 1.29 is 23.8 Å². The topological polar surface area (TPSA) is 73.9 Å². The van der Waals surface area contributed by atoms with E-state index < -0.39 is 5.97 Å². The molecule has 0 unspecified atom stereocenters. The maximum absolute atomic E-state index is 11.9. The third-order valence-corrected chi connectivity index (χ3v) is 4.96. The molecule has 1 N–H and O–H groups in total. The van der Waals surface area contributed by atoms with Crippen LogP contribution in [0.5, 0.6) is 11.5 Å². The molecule has 0 aromatic heterocycles. The number of esters is 1. The van der Waals surface area contributed by atoms with Gasteiger partial charge in [-0.05, 0) is 68.0 Å². The van der Waals surface area contributed by atoms with Crippen LogP contribution in [0, 0.1) is 0 Å². The van der Waals surface area contributed by atoms with Gasteiger partial charge in [-0.15, -0.1) is 11.8 Å². The first-order valence-corrected chi connectivity index (χ1v) is 11.4. The smallest absolute Gasteiger partial charge is 0.331 e. The molecule has 2 rings (SSSR count). The second-order valence-corrected chi connectivity index (χ2v) is 7.34. The van der Waals surface area contributed by atoms with Crippen LogP contribution in [0.4, 0.5) is 0 Å². The first-order chi connectivity index (χ1) is 15.0. The molecule has 7 heteroatoms. The molecule has 0 bridgehead atoms. The molecule has 2 aromatic carbocycles. The van der Waals surface area contributed by atoms with Crippen molar-refractivity contribution in [2.24, 2.45) is 0 Å². The van der Waals surface area contributed by atoms with Crippen LogP contribution < -0.4 is 14.8 Å². The van der Waals surface area contributed by atoms with E-state index in [1.165, 1.54) is 6.08 Å². The Hall–Kier alpha value is -2.93. The zero-order chi connectivity index (χ0) is 22.5. The number of carbonyl (C=O) groups is 2. The lowest BCUT2D eigenvalue weighted by Gasteiger charge is -2.12. The summed E-state index contributed by atoms with van der Waals surface area (Å²) in [5.74, 6) is 0.494. The molecule has 31 heavy (non-hydrogen) atoms. The predicted octanol–water partition coefficient (Wildman–Crippen LogP) is 4.12. The van der Waals surface area contributed by atoms with Crippen LogP contribution in [-0.2, 0) is 20.7 Å². The standard InChI is InChI=1S/C24H29NO5S/c1-4-28-21-12-8-19(16-22(21)29-5-2)14-15-25-23(26)17-30-24(27)13-9-18-6-10-20(31-3)11-7-18/h6-13,16H,4-5,14-15,17H2,1-3H3,(H,25,26). The number of rotatable bonds is 12. The summed E-state index contributed by atoms with van der Waals surface area (Å²) in [7, 11) is 0. The molecular formula is C24H29NO5S. The third-order valence-electron chi connectivity index (χ3n) is 4.22. The van der Waals surface area contributed by atoms with E-state index in [9.17, 15) is 9.59 Å². The van der Waals surface area contributed by atoms with Crippen LogP contribution in [-0.4, -0.2) is 44.5 Å². The number of thioether (sulfide) groups is 1. The van der Waals surface area contributed by atoms with E-state index in [0.29, 0.717) is 37.7 Å². The van der Waals surface area contributed by atoms with Crippen LogP contribution in [0.1, 0.15) is 25.0 Å². The summed E-state index contributed by atoms with van der Waals surface area (Å²) in [5.41, 5.74) is 1.90. The number of ether oxygens (including phenoxy) is 3. The second-order valence-electron chi connectivity index (χ2n) is 6.46. The van der Waals surface area contributed by atoms with E-state index in [-0.39, 0.29) is 12.5 Å². The Morgan fingerprint density at radius 2 is 1.71 bits per heavy atom. The van der Waals surface area contributed by atoms with E-state index >= 15 is 0 Å². The molecule has 2 aromatic rings. The molecule has 0 aliphatic heterocycles. The van der Waals surface area contributed by atoms with Gasteiger partial charge >= 0.3 is 5.97 Å². The van der Waals surface area contributed by atoms with Crippen LogP contribution in [0.15, 0.2) is 53.4 Å². The maximum Gasteiger partial charge on any atom is 0.331 e. The van der Waals surface area contributed by atoms with Crippen LogP contribution >= 0.6 is 11.8 Å². The zero-order valence-electron chi connectivity index (χ0n) is 18.2. The molecule has 0 atom stereocenters. The minimum Gasteiger partial charge on any atom is -0.490 e. The normalized spacial score (nSPS) is 10.7. The van der Waals surface area contributed by atoms with Gasteiger partial charge in [-0.2, -0.15) is 0 Å². The predicted molar refractivity (Wildman–Crippen MR) is 124 cm³/mol. The molecule has 0 radical (unpaired) electrons. The van der Waals surface area contributed by atoms with Gasteiger partial charge in [0.05, 0.1) is 13.2 Å². The molecule has 0 heterocycles. The molecule has 0 fully saturated rings. The Morgan fingerprint density at radius 1 is 1.00 bits per heavy atom. The van der Waals surface area contributed by atoms with Crippen LogP contribution in [0.2, 0.25) is 0 Å². The van der Waals surface area contributed by atoms with Crippen molar-refractivity contribution in [3.05, 3.63) is 59.7 Å². The highest BCUT2D eigenvalue weighted by atomic mass is 32.2. The van der Waals surface area contributed by atoms with Gasteiger partial charge in [0, 0.05) is 17.5 Å². The average Bonchev–Trinajstić information content (AvgIpc) is 2.78. The number of benzene rings is 2. The molecule has 0 spiro atoms. The number of carbonyl (C=O) groups excluding carboxylic acids is 2. The summed E-state index contributed by atoms with van der Waals surface area (Å²) in [6, 6.07) is 13.5. The Morgan fingerprint density at radius 3 is 2.39 bits per heavy atom. The van der Waals surface area contributed by atoms with Crippen molar-refractivity contribution in [1.82, 2.24) is 5.32 Å². The summed E-state index contributed by atoms with van der Waals surface area (Å²) in [6.45, 7) is 5.05. The number of nitrogens with one attached hydrogen (secondary N) is 1. The second kappa shape index (κ2) is 13.4. The molecule has 0 aliphatic carbocycles. The average molecular weight is 444 g/mol. The fourth-order valence-electron chi connectivity index (χ4n) is 2.71. The fourth-order valence-corrected chi connectivity index (χ4v) is 3.12. The lowest BCUT2D eigenvalue weighted by atomic mass is 10.1. The first kappa shape index (κ1) is 24.3. The lowest BCUT2D eigenvalue weighted by Crippen LogP contribution is -2.30.